The zero-order valence-electron chi connectivity index (χ0n) is 14.3. The molecule has 3 aromatic rings. The molecule has 0 amide bonds. The second-order valence-electron chi connectivity index (χ2n) is 6.32. The highest BCUT2D eigenvalue weighted by Crippen LogP contribution is 2.36. The molecule has 1 atom stereocenters. The Kier molecular flexibility index (Phi) is 5.61. The lowest BCUT2D eigenvalue weighted by molar-refractivity contribution is -0.712. The fraction of sp³-hybridized carbons (Fsp3) is 0.263. The van der Waals surface area contributed by atoms with E-state index < -0.39 is 0 Å². The fourth-order valence-electron chi connectivity index (χ4n) is 3.42. The first-order valence-corrected chi connectivity index (χ1v) is 8.84. The van der Waals surface area contributed by atoms with Gasteiger partial charge in [-0.2, -0.15) is 5.10 Å². The van der Waals surface area contributed by atoms with Gasteiger partial charge in [-0.3, -0.25) is 9.67 Å². The van der Waals surface area contributed by atoms with Crippen LogP contribution in [-0.4, -0.2) is 20.8 Å². The maximum absolute atomic E-state index is 14.6. The Morgan fingerprint density at radius 2 is 2.04 bits per heavy atom. The van der Waals surface area contributed by atoms with Crippen molar-refractivity contribution in [3.8, 4) is 22.4 Å². The Bertz CT molecular complexity index is 911. The molecule has 136 valence electrons. The molecule has 4 nitrogen and oxygen atoms in total. The molecule has 0 bridgehead atoms. The lowest BCUT2D eigenvalue weighted by Crippen LogP contribution is -3.00. The Morgan fingerprint density at radius 1 is 1.27 bits per heavy atom. The van der Waals surface area contributed by atoms with E-state index in [-0.39, 0.29) is 18.2 Å². The molecule has 2 aromatic heterocycles. The molecule has 0 saturated carbocycles. The zero-order chi connectivity index (χ0) is 17.4. The van der Waals surface area contributed by atoms with Gasteiger partial charge in [0.05, 0.1) is 6.54 Å². The van der Waals surface area contributed by atoms with Crippen molar-refractivity contribution in [2.24, 2.45) is 0 Å². The van der Waals surface area contributed by atoms with Crippen LogP contribution in [0.4, 0.5) is 4.39 Å². The van der Waals surface area contributed by atoms with Gasteiger partial charge in [-0.05, 0) is 42.3 Å². The average molecular weight is 393 g/mol. The second-order valence-corrected chi connectivity index (χ2v) is 6.76. The van der Waals surface area contributed by atoms with Crippen LogP contribution in [-0.2, 0) is 13.1 Å². The number of hydrogen-bond donors (Lipinski definition) is 1. The number of nitrogens with zero attached hydrogens (tertiary/aromatic N) is 3. The van der Waals surface area contributed by atoms with E-state index in [4.69, 9.17) is 16.7 Å². The molecule has 0 radical (unpaired) electrons. The minimum atomic E-state index is -0.353. The van der Waals surface area contributed by atoms with Crippen LogP contribution in [0.1, 0.15) is 19.0 Å². The van der Waals surface area contributed by atoms with Crippen LogP contribution in [0.2, 0.25) is 5.02 Å². The summed E-state index contributed by atoms with van der Waals surface area (Å²) < 4.78 is 16.6. The highest BCUT2D eigenvalue weighted by Gasteiger charge is 2.28. The number of quaternary nitrogens is 1. The van der Waals surface area contributed by atoms with Crippen LogP contribution in [0.3, 0.4) is 0 Å². The molecule has 3 heterocycles. The summed E-state index contributed by atoms with van der Waals surface area (Å²) in [5.41, 5.74) is 4.25. The number of aromatic nitrogens is 3. The molecule has 0 saturated heterocycles. The third-order valence-corrected chi connectivity index (χ3v) is 5.02. The van der Waals surface area contributed by atoms with Crippen molar-refractivity contribution in [1.82, 2.24) is 14.8 Å². The monoisotopic (exact) mass is 392 g/mol. The van der Waals surface area contributed by atoms with Crippen LogP contribution in [0.25, 0.3) is 22.4 Å². The maximum atomic E-state index is 14.6. The number of pyridine rings is 1. The van der Waals surface area contributed by atoms with Gasteiger partial charge in [-0.15, -0.1) is 0 Å². The van der Waals surface area contributed by atoms with Crippen LogP contribution in [0, 0.1) is 5.82 Å². The number of benzene rings is 1. The average Bonchev–Trinajstić information content (AvgIpc) is 3.00. The van der Waals surface area contributed by atoms with Gasteiger partial charge in [-0.25, -0.2) is 4.39 Å². The number of hydrogen-bond acceptors (Lipinski definition) is 2. The van der Waals surface area contributed by atoms with Gasteiger partial charge in [0, 0.05) is 28.5 Å². The molecule has 0 aliphatic carbocycles. The van der Waals surface area contributed by atoms with Crippen molar-refractivity contribution < 1.29 is 22.1 Å². The van der Waals surface area contributed by atoms with Gasteiger partial charge >= 0.3 is 0 Å². The number of fused-ring (bicyclic) bond motifs is 1. The Morgan fingerprint density at radius 3 is 2.73 bits per heavy atom. The van der Waals surface area contributed by atoms with E-state index in [0.29, 0.717) is 22.3 Å². The van der Waals surface area contributed by atoms with E-state index in [2.05, 4.69) is 17.2 Å². The molecule has 1 aliphatic heterocycles. The zero-order valence-corrected chi connectivity index (χ0v) is 15.8. The summed E-state index contributed by atoms with van der Waals surface area (Å²) >= 11 is 5.92. The summed E-state index contributed by atoms with van der Waals surface area (Å²) in [4.78, 5) is 4.10. The SMILES string of the molecule is CCC1Cn2nc(-c3ccc(Cl)cc3F)c(-c3ccncc3)c2C[NH2+]1.[Cl-]. The molecule has 4 rings (SSSR count). The van der Waals surface area contributed by atoms with E-state index in [9.17, 15) is 4.39 Å². The molecule has 2 N–H and O–H groups in total. The van der Waals surface area contributed by atoms with E-state index >= 15 is 0 Å². The summed E-state index contributed by atoms with van der Waals surface area (Å²) in [6, 6.07) is 9.14. The molecule has 7 heteroatoms. The van der Waals surface area contributed by atoms with Gasteiger partial charge in [0.2, 0.25) is 0 Å². The lowest BCUT2D eigenvalue weighted by atomic mass is 9.98. The summed E-state index contributed by atoms with van der Waals surface area (Å²) in [5.74, 6) is -0.353. The molecule has 1 unspecified atom stereocenters. The van der Waals surface area contributed by atoms with Crippen molar-refractivity contribution >= 4 is 11.6 Å². The summed E-state index contributed by atoms with van der Waals surface area (Å²) in [5, 5.41) is 7.50. The second kappa shape index (κ2) is 7.74. The first-order chi connectivity index (χ1) is 12.2. The van der Waals surface area contributed by atoms with Crippen LogP contribution >= 0.6 is 11.6 Å². The molecule has 1 aliphatic rings. The highest BCUT2D eigenvalue weighted by molar-refractivity contribution is 6.30. The maximum Gasteiger partial charge on any atom is 0.134 e. The molecular formula is C19H19Cl2FN4. The Hall–Kier alpha value is -1.95. The van der Waals surface area contributed by atoms with Crippen LogP contribution < -0.4 is 17.7 Å². The molecule has 26 heavy (non-hydrogen) atoms. The smallest absolute Gasteiger partial charge is 0.134 e. The van der Waals surface area contributed by atoms with E-state index in [1.54, 1.807) is 24.5 Å². The van der Waals surface area contributed by atoms with Crippen molar-refractivity contribution in [2.45, 2.75) is 32.5 Å². The van der Waals surface area contributed by atoms with Gasteiger partial charge in [0.15, 0.2) is 0 Å². The number of nitrogens with two attached hydrogens (primary N) is 1. The normalized spacial score (nSPS) is 16.0. The first kappa shape index (κ1) is 18.8. The number of halogens is 3. The van der Waals surface area contributed by atoms with Crippen LogP contribution in [0.15, 0.2) is 42.7 Å². The molecule has 1 aromatic carbocycles. The van der Waals surface area contributed by atoms with Crippen LogP contribution in [0.5, 0.6) is 0 Å². The van der Waals surface area contributed by atoms with Crippen molar-refractivity contribution in [1.29, 1.82) is 0 Å². The topological polar surface area (TPSA) is 47.3 Å². The Labute approximate surface area is 162 Å². The quantitative estimate of drug-likeness (QED) is 0.695. The predicted molar refractivity (Wildman–Crippen MR) is 95.6 cm³/mol. The minimum absolute atomic E-state index is 0. The summed E-state index contributed by atoms with van der Waals surface area (Å²) in [6.07, 6.45) is 4.58. The lowest BCUT2D eigenvalue weighted by Gasteiger charge is -2.21. The molecule has 0 fully saturated rings. The van der Waals surface area contributed by atoms with E-state index in [0.717, 1.165) is 36.3 Å². The third-order valence-electron chi connectivity index (χ3n) is 4.79. The molecule has 0 spiro atoms. The van der Waals surface area contributed by atoms with Crippen molar-refractivity contribution in [3.63, 3.8) is 0 Å². The summed E-state index contributed by atoms with van der Waals surface area (Å²) in [6.45, 7) is 3.84. The highest BCUT2D eigenvalue weighted by atomic mass is 35.5. The third kappa shape index (κ3) is 3.34. The summed E-state index contributed by atoms with van der Waals surface area (Å²) in [7, 11) is 0. The van der Waals surface area contributed by atoms with Gasteiger partial charge in [-0.1, -0.05) is 18.5 Å². The van der Waals surface area contributed by atoms with Crippen molar-refractivity contribution in [3.05, 3.63) is 59.3 Å². The first-order valence-electron chi connectivity index (χ1n) is 8.46. The predicted octanol–water partition coefficient (Wildman–Crippen LogP) is 0.264. The van der Waals surface area contributed by atoms with Gasteiger partial charge in [0.1, 0.15) is 29.8 Å². The fourth-order valence-corrected chi connectivity index (χ4v) is 3.58. The van der Waals surface area contributed by atoms with E-state index in [1.807, 2.05) is 16.8 Å². The van der Waals surface area contributed by atoms with E-state index in [1.165, 1.54) is 6.07 Å². The van der Waals surface area contributed by atoms with Gasteiger partial charge in [0.25, 0.3) is 0 Å². The minimum Gasteiger partial charge on any atom is -1.00 e. The van der Waals surface area contributed by atoms with Crippen molar-refractivity contribution in [2.75, 3.05) is 0 Å². The largest absolute Gasteiger partial charge is 1.00 e. The molecular weight excluding hydrogens is 374 g/mol. The van der Waals surface area contributed by atoms with Gasteiger partial charge < -0.3 is 17.7 Å². The Balaban J connectivity index is 0.00000196. The number of rotatable bonds is 3. The standard InChI is InChI=1S/C19H18ClFN4.ClH/c1-2-14-11-25-17(10-23-14)18(12-5-7-22-8-6-12)19(24-25)15-4-3-13(20)9-16(15)21;/h3-9,14,23H,2,10-11H2,1H3;1H.